The van der Waals surface area contributed by atoms with Crippen LogP contribution in [0.15, 0.2) is 60.7 Å². The van der Waals surface area contributed by atoms with Gasteiger partial charge in [0.15, 0.2) is 0 Å². The van der Waals surface area contributed by atoms with Gasteiger partial charge in [0.2, 0.25) is 0 Å². The fourth-order valence-electron chi connectivity index (χ4n) is 1.88. The van der Waals surface area contributed by atoms with Crippen LogP contribution in [-0.2, 0) is 0 Å². The molecule has 0 fully saturated rings. The summed E-state index contributed by atoms with van der Waals surface area (Å²) in [5.41, 5.74) is 0.809. The highest BCUT2D eigenvalue weighted by Crippen LogP contribution is 2.24. The van der Waals surface area contributed by atoms with E-state index in [4.69, 9.17) is 0 Å². The van der Waals surface area contributed by atoms with Gasteiger partial charge in [-0.1, -0.05) is 84.7 Å². The van der Waals surface area contributed by atoms with Crippen molar-refractivity contribution in [2.45, 2.75) is 19.0 Å². The Morgan fingerprint density at radius 2 is 1.39 bits per heavy atom. The van der Waals surface area contributed by atoms with Crippen molar-refractivity contribution in [3.63, 3.8) is 0 Å². The predicted molar refractivity (Wildman–Crippen MR) is 87.7 cm³/mol. The van der Waals surface area contributed by atoms with Crippen LogP contribution in [0, 0.1) is 0 Å². The quantitative estimate of drug-likeness (QED) is 0.703. The van der Waals surface area contributed by atoms with Gasteiger partial charge in [0, 0.05) is 0 Å². The second kappa shape index (κ2) is 7.67. The smallest absolute Gasteiger partial charge is 0.0221 e. The lowest BCUT2D eigenvalue weighted by Gasteiger charge is -2.11. The monoisotopic (exact) mass is 274 g/mol. The van der Waals surface area contributed by atoms with E-state index >= 15 is 0 Å². The molecule has 0 aromatic heterocycles. The summed E-state index contributed by atoms with van der Waals surface area (Å²) in [4.78, 5) is 0. The molecule has 94 valence electrons. The van der Waals surface area contributed by atoms with E-state index in [1.807, 2.05) is 0 Å². The van der Waals surface area contributed by atoms with Crippen LogP contribution in [-0.4, -0.2) is 11.8 Å². The molecule has 0 saturated heterocycles. The summed E-state index contributed by atoms with van der Waals surface area (Å²) in [6.07, 6.45) is 2.66. The molecule has 0 bridgehead atoms. The van der Waals surface area contributed by atoms with Crippen molar-refractivity contribution < 1.29 is 0 Å². The minimum atomic E-state index is 0.809. The highest BCUT2D eigenvalue weighted by molar-refractivity contribution is 7.48. The van der Waals surface area contributed by atoms with Gasteiger partial charge in [0.05, 0.1) is 0 Å². The first kappa shape index (κ1) is 13.7. The number of hydrogen-bond acceptors (Lipinski definition) is 0. The number of hydrogen-bond donors (Lipinski definition) is 0. The molecule has 0 aliphatic rings. The van der Waals surface area contributed by atoms with Crippen molar-refractivity contribution in [3.8, 4) is 0 Å². The van der Waals surface area contributed by atoms with Gasteiger partial charge in [-0.05, 0) is 28.9 Å². The number of rotatable bonds is 6. The molecule has 0 aliphatic heterocycles. The largest absolute Gasteiger partial charge is 0.0904 e. The molecular formula is C16H20P2. The van der Waals surface area contributed by atoms with Crippen molar-refractivity contribution in [3.05, 3.63) is 60.7 Å². The van der Waals surface area contributed by atoms with Crippen molar-refractivity contribution in [2.24, 2.45) is 0 Å². The molecule has 0 saturated carbocycles. The lowest BCUT2D eigenvalue weighted by molar-refractivity contribution is 0.913. The van der Waals surface area contributed by atoms with Crippen molar-refractivity contribution >= 4 is 27.8 Å². The van der Waals surface area contributed by atoms with Crippen LogP contribution in [0.5, 0.6) is 0 Å². The fraction of sp³-hybridized carbons (Fsp3) is 0.250. The van der Waals surface area contributed by atoms with E-state index < -0.39 is 0 Å². The molecule has 0 aliphatic carbocycles. The molecule has 2 heteroatoms. The first-order valence-corrected chi connectivity index (χ1v) is 8.73. The molecule has 3 unspecified atom stereocenters. The van der Waals surface area contributed by atoms with E-state index in [0.29, 0.717) is 0 Å². The lowest BCUT2D eigenvalue weighted by Crippen LogP contribution is -2.04. The molecule has 3 atom stereocenters. The highest BCUT2D eigenvalue weighted by Gasteiger charge is 2.03. The zero-order valence-corrected chi connectivity index (χ0v) is 12.8. The van der Waals surface area contributed by atoms with E-state index in [1.165, 1.54) is 23.2 Å². The van der Waals surface area contributed by atoms with Crippen LogP contribution in [0.2, 0.25) is 0 Å². The normalized spacial score (nSPS) is 13.6. The first-order valence-electron chi connectivity index (χ1n) is 6.45. The van der Waals surface area contributed by atoms with Crippen molar-refractivity contribution in [1.29, 1.82) is 0 Å². The Labute approximate surface area is 114 Å². The lowest BCUT2D eigenvalue weighted by atomic mass is 10.4. The van der Waals surface area contributed by atoms with Gasteiger partial charge < -0.3 is 0 Å². The Balaban J connectivity index is 1.71. The third-order valence-corrected chi connectivity index (χ3v) is 5.60. The summed E-state index contributed by atoms with van der Waals surface area (Å²) < 4.78 is 0. The van der Waals surface area contributed by atoms with Crippen molar-refractivity contribution in [2.75, 3.05) is 6.16 Å². The molecule has 0 N–H and O–H groups in total. The summed E-state index contributed by atoms with van der Waals surface area (Å²) in [6, 6.07) is 21.7. The fourth-order valence-corrected chi connectivity index (χ4v) is 4.71. The van der Waals surface area contributed by atoms with Gasteiger partial charge in [0.1, 0.15) is 0 Å². The van der Waals surface area contributed by atoms with E-state index in [9.17, 15) is 0 Å². The van der Waals surface area contributed by atoms with Gasteiger partial charge in [-0.2, -0.15) is 0 Å². The SMILES string of the molecule is CC(CCPc1ccccc1)Pc1ccccc1. The van der Waals surface area contributed by atoms with Crippen LogP contribution < -0.4 is 10.6 Å². The van der Waals surface area contributed by atoms with E-state index in [0.717, 1.165) is 22.8 Å². The molecule has 18 heavy (non-hydrogen) atoms. The molecule has 2 rings (SSSR count). The van der Waals surface area contributed by atoms with Gasteiger partial charge in [-0.25, -0.2) is 0 Å². The molecular weight excluding hydrogens is 254 g/mol. The molecule has 0 heterocycles. The van der Waals surface area contributed by atoms with Gasteiger partial charge in [0.25, 0.3) is 0 Å². The standard InChI is InChI=1S/C16H20P2/c1-14(18-16-10-6-3-7-11-16)12-13-17-15-8-4-2-5-9-15/h2-11,14,17-18H,12-13H2,1H3. The van der Waals surface area contributed by atoms with Crippen molar-refractivity contribution in [1.82, 2.24) is 0 Å². The average Bonchev–Trinajstić information content (AvgIpc) is 2.41. The molecule has 0 amide bonds. The van der Waals surface area contributed by atoms with Crippen LogP contribution in [0.25, 0.3) is 0 Å². The minimum absolute atomic E-state index is 0.809. The molecule has 0 radical (unpaired) electrons. The maximum Gasteiger partial charge on any atom is -0.0221 e. The Hall–Kier alpha value is -0.700. The van der Waals surface area contributed by atoms with E-state index in [1.54, 1.807) is 0 Å². The Bertz CT molecular complexity index is 439. The summed E-state index contributed by atoms with van der Waals surface area (Å²) in [6.45, 7) is 2.38. The molecule has 2 aromatic rings. The Kier molecular flexibility index (Phi) is 5.85. The topological polar surface area (TPSA) is 0 Å². The summed E-state index contributed by atoms with van der Waals surface area (Å²) >= 11 is 0. The zero-order valence-electron chi connectivity index (χ0n) is 10.8. The zero-order chi connectivity index (χ0) is 12.6. The van der Waals surface area contributed by atoms with Crippen LogP contribution in [0.4, 0.5) is 0 Å². The Morgan fingerprint density at radius 1 is 0.833 bits per heavy atom. The van der Waals surface area contributed by atoms with E-state index in [2.05, 4.69) is 67.6 Å². The minimum Gasteiger partial charge on any atom is -0.0904 e. The molecule has 2 aromatic carbocycles. The Morgan fingerprint density at radius 3 is 2.00 bits per heavy atom. The number of benzene rings is 2. The molecule has 0 nitrogen and oxygen atoms in total. The molecule has 0 spiro atoms. The average molecular weight is 274 g/mol. The third-order valence-electron chi connectivity index (χ3n) is 2.87. The maximum atomic E-state index is 2.38. The highest BCUT2D eigenvalue weighted by atomic mass is 31.1. The maximum absolute atomic E-state index is 2.38. The predicted octanol–water partition coefficient (Wildman–Crippen LogP) is 3.77. The van der Waals surface area contributed by atoms with Gasteiger partial charge in [-0.15, -0.1) is 0 Å². The summed E-state index contributed by atoms with van der Waals surface area (Å²) in [5, 5.41) is 2.99. The van der Waals surface area contributed by atoms with Gasteiger partial charge in [-0.3, -0.25) is 0 Å². The van der Waals surface area contributed by atoms with Crippen LogP contribution in [0.1, 0.15) is 13.3 Å². The van der Waals surface area contributed by atoms with Crippen LogP contribution in [0.3, 0.4) is 0 Å². The second-order valence-electron chi connectivity index (χ2n) is 4.49. The first-order chi connectivity index (χ1) is 8.84. The summed E-state index contributed by atoms with van der Waals surface area (Å²) in [5.74, 6) is 0. The second-order valence-corrected chi connectivity index (χ2v) is 7.78. The third kappa shape index (κ3) is 4.89. The summed E-state index contributed by atoms with van der Waals surface area (Å²) in [7, 11) is 1.91. The van der Waals surface area contributed by atoms with Crippen LogP contribution >= 0.6 is 17.2 Å². The van der Waals surface area contributed by atoms with Gasteiger partial charge >= 0.3 is 0 Å². The van der Waals surface area contributed by atoms with E-state index in [-0.39, 0.29) is 0 Å².